The topological polar surface area (TPSA) is 42.0 Å². The number of carbonyl (C=O) groups excluding carboxylic acids is 1. The second-order valence-electron chi connectivity index (χ2n) is 3.29. The molecule has 1 atom stereocenters. The fourth-order valence-corrected chi connectivity index (χ4v) is 1.63. The molecule has 1 saturated heterocycles. The first-order valence-electron chi connectivity index (χ1n) is 4.53. The molecule has 1 unspecified atom stereocenters. The quantitative estimate of drug-likeness (QED) is 0.680. The molecule has 0 amide bonds. The minimum atomic E-state index is 0.169. The molecule has 3 heteroatoms. The van der Waals surface area contributed by atoms with E-state index in [9.17, 15) is 4.79 Å². The second kappa shape index (κ2) is 3.66. The summed E-state index contributed by atoms with van der Waals surface area (Å²) in [4.78, 5) is 15.7. The summed E-state index contributed by atoms with van der Waals surface area (Å²) in [5.74, 6) is 0.412. The molecule has 0 spiro atoms. The Bertz CT molecular complexity index is 291. The molecule has 1 aromatic rings. The van der Waals surface area contributed by atoms with Crippen LogP contribution in [-0.2, 0) is 0 Å². The highest BCUT2D eigenvalue weighted by atomic mass is 16.1. The highest BCUT2D eigenvalue weighted by molar-refractivity contribution is 5.98. The molecule has 0 radical (unpaired) electrons. The lowest BCUT2D eigenvalue weighted by atomic mass is 9.98. The maximum Gasteiger partial charge on any atom is 0.167 e. The zero-order valence-electron chi connectivity index (χ0n) is 7.36. The first kappa shape index (κ1) is 8.38. The third-order valence-electron chi connectivity index (χ3n) is 2.40. The van der Waals surface area contributed by atoms with Gasteiger partial charge in [0.25, 0.3) is 0 Å². The molecule has 0 aromatic carbocycles. The van der Waals surface area contributed by atoms with E-state index < -0.39 is 0 Å². The SMILES string of the molecule is O=C(c1ccncc1)C1CCNC1. The largest absolute Gasteiger partial charge is 0.316 e. The number of hydrogen-bond donors (Lipinski definition) is 1. The molecule has 1 N–H and O–H groups in total. The van der Waals surface area contributed by atoms with Gasteiger partial charge in [-0.3, -0.25) is 9.78 Å². The summed E-state index contributed by atoms with van der Waals surface area (Å²) in [7, 11) is 0. The van der Waals surface area contributed by atoms with E-state index in [4.69, 9.17) is 0 Å². The van der Waals surface area contributed by atoms with Crippen LogP contribution in [0.25, 0.3) is 0 Å². The zero-order valence-corrected chi connectivity index (χ0v) is 7.36. The van der Waals surface area contributed by atoms with Crippen LogP contribution < -0.4 is 5.32 Å². The number of ketones is 1. The number of aromatic nitrogens is 1. The molecule has 1 fully saturated rings. The Morgan fingerprint density at radius 3 is 2.85 bits per heavy atom. The first-order chi connectivity index (χ1) is 6.38. The smallest absolute Gasteiger partial charge is 0.167 e. The molecule has 68 valence electrons. The molecular formula is C10H12N2O. The van der Waals surface area contributed by atoms with E-state index in [1.807, 2.05) is 0 Å². The van der Waals surface area contributed by atoms with Crippen molar-refractivity contribution in [2.24, 2.45) is 5.92 Å². The molecule has 0 bridgehead atoms. The number of Topliss-reactive ketones (excluding diaryl/α,β-unsaturated/α-hetero) is 1. The van der Waals surface area contributed by atoms with Crippen molar-refractivity contribution in [2.75, 3.05) is 13.1 Å². The maximum atomic E-state index is 11.8. The highest BCUT2D eigenvalue weighted by Crippen LogP contribution is 2.14. The van der Waals surface area contributed by atoms with Gasteiger partial charge in [0.2, 0.25) is 0 Å². The number of carbonyl (C=O) groups is 1. The van der Waals surface area contributed by atoms with E-state index in [0.717, 1.165) is 25.1 Å². The summed E-state index contributed by atoms with van der Waals surface area (Å²) >= 11 is 0. The fraction of sp³-hybridized carbons (Fsp3) is 0.400. The van der Waals surface area contributed by atoms with Gasteiger partial charge in [-0.1, -0.05) is 0 Å². The van der Waals surface area contributed by atoms with E-state index in [1.165, 1.54) is 0 Å². The van der Waals surface area contributed by atoms with Gasteiger partial charge in [0.1, 0.15) is 0 Å². The van der Waals surface area contributed by atoms with Crippen molar-refractivity contribution in [3.8, 4) is 0 Å². The molecule has 1 aliphatic heterocycles. The Labute approximate surface area is 77.2 Å². The molecule has 2 rings (SSSR count). The Hall–Kier alpha value is -1.22. The van der Waals surface area contributed by atoms with E-state index >= 15 is 0 Å². The number of nitrogens with zero attached hydrogens (tertiary/aromatic N) is 1. The zero-order chi connectivity index (χ0) is 9.10. The molecule has 3 nitrogen and oxygen atoms in total. The van der Waals surface area contributed by atoms with Crippen molar-refractivity contribution in [3.63, 3.8) is 0 Å². The predicted molar refractivity (Wildman–Crippen MR) is 49.5 cm³/mol. The molecule has 2 heterocycles. The second-order valence-corrected chi connectivity index (χ2v) is 3.29. The van der Waals surface area contributed by atoms with Crippen molar-refractivity contribution in [2.45, 2.75) is 6.42 Å². The van der Waals surface area contributed by atoms with Gasteiger partial charge in [-0.05, 0) is 25.1 Å². The number of pyridine rings is 1. The Morgan fingerprint density at radius 2 is 2.23 bits per heavy atom. The van der Waals surface area contributed by atoms with Crippen molar-refractivity contribution in [3.05, 3.63) is 30.1 Å². The molecule has 0 aliphatic carbocycles. The van der Waals surface area contributed by atoms with Crippen LogP contribution >= 0.6 is 0 Å². The van der Waals surface area contributed by atoms with Gasteiger partial charge in [-0.2, -0.15) is 0 Å². The summed E-state index contributed by atoms with van der Waals surface area (Å²) in [6.07, 6.45) is 4.28. The standard InChI is InChI=1S/C10H12N2O/c13-10(9-3-6-12-7-9)8-1-4-11-5-2-8/h1-2,4-5,9,12H,3,6-7H2. The van der Waals surface area contributed by atoms with Gasteiger partial charge in [0.05, 0.1) is 0 Å². The van der Waals surface area contributed by atoms with E-state index in [-0.39, 0.29) is 11.7 Å². The molecule has 0 saturated carbocycles. The van der Waals surface area contributed by atoms with E-state index in [2.05, 4.69) is 10.3 Å². The average molecular weight is 176 g/mol. The van der Waals surface area contributed by atoms with Crippen LogP contribution in [0.4, 0.5) is 0 Å². The van der Waals surface area contributed by atoms with Gasteiger partial charge in [0, 0.05) is 30.4 Å². The van der Waals surface area contributed by atoms with Crippen LogP contribution in [0.3, 0.4) is 0 Å². The van der Waals surface area contributed by atoms with Crippen LogP contribution in [0.15, 0.2) is 24.5 Å². The Morgan fingerprint density at radius 1 is 1.46 bits per heavy atom. The first-order valence-corrected chi connectivity index (χ1v) is 4.53. The summed E-state index contributed by atoms with van der Waals surface area (Å²) in [5, 5.41) is 3.19. The summed E-state index contributed by atoms with van der Waals surface area (Å²) < 4.78 is 0. The number of rotatable bonds is 2. The van der Waals surface area contributed by atoms with Gasteiger partial charge in [-0.25, -0.2) is 0 Å². The third kappa shape index (κ3) is 1.75. The van der Waals surface area contributed by atoms with Crippen LogP contribution in [0.1, 0.15) is 16.8 Å². The van der Waals surface area contributed by atoms with Crippen molar-refractivity contribution >= 4 is 5.78 Å². The number of hydrogen-bond acceptors (Lipinski definition) is 3. The van der Waals surface area contributed by atoms with Crippen molar-refractivity contribution in [1.82, 2.24) is 10.3 Å². The summed E-state index contributed by atoms with van der Waals surface area (Å²) in [5.41, 5.74) is 0.781. The van der Waals surface area contributed by atoms with Crippen LogP contribution in [0, 0.1) is 5.92 Å². The normalized spacial score (nSPS) is 21.7. The average Bonchev–Trinajstić information content (AvgIpc) is 2.71. The van der Waals surface area contributed by atoms with E-state index in [0.29, 0.717) is 0 Å². The summed E-state index contributed by atoms with van der Waals surface area (Å²) in [6, 6.07) is 3.56. The lowest BCUT2D eigenvalue weighted by molar-refractivity contribution is 0.0930. The third-order valence-corrected chi connectivity index (χ3v) is 2.40. The molecule has 1 aliphatic rings. The molecule has 13 heavy (non-hydrogen) atoms. The van der Waals surface area contributed by atoms with Crippen molar-refractivity contribution in [1.29, 1.82) is 0 Å². The lowest BCUT2D eigenvalue weighted by Crippen LogP contribution is -2.17. The van der Waals surface area contributed by atoms with Crippen LogP contribution in [0.5, 0.6) is 0 Å². The molecular weight excluding hydrogens is 164 g/mol. The van der Waals surface area contributed by atoms with Gasteiger partial charge in [-0.15, -0.1) is 0 Å². The monoisotopic (exact) mass is 176 g/mol. The Balaban J connectivity index is 2.13. The lowest BCUT2D eigenvalue weighted by Gasteiger charge is -2.05. The fourth-order valence-electron chi connectivity index (χ4n) is 1.63. The maximum absolute atomic E-state index is 11.8. The molecule has 1 aromatic heterocycles. The van der Waals surface area contributed by atoms with Gasteiger partial charge >= 0.3 is 0 Å². The van der Waals surface area contributed by atoms with Gasteiger partial charge < -0.3 is 5.32 Å². The van der Waals surface area contributed by atoms with Gasteiger partial charge in [0.15, 0.2) is 5.78 Å². The van der Waals surface area contributed by atoms with Crippen molar-refractivity contribution < 1.29 is 4.79 Å². The minimum Gasteiger partial charge on any atom is -0.316 e. The highest BCUT2D eigenvalue weighted by Gasteiger charge is 2.22. The minimum absolute atomic E-state index is 0.169. The Kier molecular flexibility index (Phi) is 2.36. The predicted octanol–water partition coefficient (Wildman–Crippen LogP) is 0.874. The number of nitrogens with one attached hydrogen (secondary N) is 1. The summed E-state index contributed by atoms with van der Waals surface area (Å²) in [6.45, 7) is 1.78. The van der Waals surface area contributed by atoms with Crippen LogP contribution in [-0.4, -0.2) is 23.9 Å². The van der Waals surface area contributed by atoms with E-state index in [1.54, 1.807) is 24.5 Å². The van der Waals surface area contributed by atoms with Crippen LogP contribution in [0.2, 0.25) is 0 Å².